The molecule has 1 heterocycles. The summed E-state index contributed by atoms with van der Waals surface area (Å²) >= 11 is 0. The molecule has 2 aromatic rings. The van der Waals surface area contributed by atoms with Gasteiger partial charge in [-0.2, -0.15) is 0 Å². The van der Waals surface area contributed by atoms with Crippen molar-refractivity contribution in [3.8, 4) is 11.5 Å². The Bertz CT molecular complexity index is 787. The molecule has 26 heavy (non-hydrogen) atoms. The molecule has 138 valence electrons. The summed E-state index contributed by atoms with van der Waals surface area (Å²) in [6.07, 6.45) is 1.04. The lowest BCUT2D eigenvalue weighted by Gasteiger charge is -2.19. The van der Waals surface area contributed by atoms with E-state index in [2.05, 4.69) is 10.6 Å². The first-order valence-corrected chi connectivity index (χ1v) is 9.06. The molecule has 0 radical (unpaired) electrons. The second-order valence-electron chi connectivity index (χ2n) is 6.74. The number of benzene rings is 2. The maximum absolute atomic E-state index is 12.5. The number of aryl methyl sites for hydroxylation is 1. The zero-order valence-corrected chi connectivity index (χ0v) is 15.8. The van der Waals surface area contributed by atoms with Crippen molar-refractivity contribution in [2.75, 3.05) is 17.2 Å². The van der Waals surface area contributed by atoms with Crippen LogP contribution >= 0.6 is 0 Å². The van der Waals surface area contributed by atoms with Gasteiger partial charge in [0, 0.05) is 23.7 Å². The molecule has 0 saturated carbocycles. The molecule has 2 aromatic carbocycles. The molecule has 1 aliphatic rings. The van der Waals surface area contributed by atoms with Crippen molar-refractivity contribution in [1.82, 2.24) is 0 Å². The van der Waals surface area contributed by atoms with Crippen LogP contribution in [0.2, 0.25) is 0 Å². The second kappa shape index (κ2) is 7.68. The number of ether oxygens (including phenoxy) is 2. The van der Waals surface area contributed by atoms with Crippen LogP contribution in [-0.4, -0.2) is 24.7 Å². The highest BCUT2D eigenvalue weighted by molar-refractivity contribution is 5.96. The SMILES string of the molecule is CCOc1cc2c(cc1NC(C)C(=O)Nc1ccc(C)cc1)OC(C)C2. The molecule has 0 aliphatic carbocycles. The van der Waals surface area contributed by atoms with Crippen LogP contribution < -0.4 is 20.1 Å². The van der Waals surface area contributed by atoms with Crippen LogP contribution in [0, 0.1) is 6.92 Å². The van der Waals surface area contributed by atoms with Crippen molar-refractivity contribution in [1.29, 1.82) is 0 Å². The maximum Gasteiger partial charge on any atom is 0.246 e. The van der Waals surface area contributed by atoms with Crippen LogP contribution in [0.1, 0.15) is 31.9 Å². The number of carbonyl (C=O) groups excluding carboxylic acids is 1. The van der Waals surface area contributed by atoms with Crippen molar-refractivity contribution in [3.05, 3.63) is 47.5 Å². The van der Waals surface area contributed by atoms with Crippen LogP contribution in [0.5, 0.6) is 11.5 Å². The van der Waals surface area contributed by atoms with Crippen molar-refractivity contribution in [2.45, 2.75) is 46.3 Å². The van der Waals surface area contributed by atoms with Gasteiger partial charge in [-0.1, -0.05) is 17.7 Å². The minimum Gasteiger partial charge on any atom is -0.492 e. The molecule has 0 fully saturated rings. The van der Waals surface area contributed by atoms with E-state index >= 15 is 0 Å². The van der Waals surface area contributed by atoms with Crippen molar-refractivity contribution in [3.63, 3.8) is 0 Å². The minimum atomic E-state index is -0.424. The Labute approximate surface area is 154 Å². The van der Waals surface area contributed by atoms with Gasteiger partial charge >= 0.3 is 0 Å². The lowest BCUT2D eigenvalue weighted by molar-refractivity contribution is -0.116. The first kappa shape index (κ1) is 18.1. The Morgan fingerprint density at radius 2 is 2.04 bits per heavy atom. The lowest BCUT2D eigenvalue weighted by Crippen LogP contribution is -2.32. The van der Waals surface area contributed by atoms with Crippen LogP contribution in [0.15, 0.2) is 36.4 Å². The predicted molar refractivity (Wildman–Crippen MR) is 104 cm³/mol. The molecule has 0 saturated heterocycles. The molecule has 0 spiro atoms. The van der Waals surface area contributed by atoms with E-state index in [-0.39, 0.29) is 12.0 Å². The van der Waals surface area contributed by atoms with Gasteiger partial charge in [0.1, 0.15) is 23.6 Å². The zero-order valence-electron chi connectivity index (χ0n) is 15.8. The number of amides is 1. The largest absolute Gasteiger partial charge is 0.492 e. The van der Waals surface area contributed by atoms with Crippen molar-refractivity contribution in [2.24, 2.45) is 0 Å². The summed E-state index contributed by atoms with van der Waals surface area (Å²) < 4.78 is 11.6. The number of carbonyl (C=O) groups is 1. The highest BCUT2D eigenvalue weighted by atomic mass is 16.5. The topological polar surface area (TPSA) is 59.6 Å². The number of rotatable bonds is 6. The summed E-state index contributed by atoms with van der Waals surface area (Å²) in [5.41, 5.74) is 3.85. The Hall–Kier alpha value is -2.69. The molecule has 1 aliphatic heterocycles. The summed E-state index contributed by atoms with van der Waals surface area (Å²) in [6, 6.07) is 11.3. The summed E-state index contributed by atoms with van der Waals surface area (Å²) in [7, 11) is 0. The number of hydrogen-bond donors (Lipinski definition) is 2. The molecule has 2 unspecified atom stereocenters. The van der Waals surface area contributed by atoms with Gasteiger partial charge < -0.3 is 20.1 Å². The molecule has 0 bridgehead atoms. The molecule has 5 nitrogen and oxygen atoms in total. The molecule has 5 heteroatoms. The molecule has 2 N–H and O–H groups in total. The van der Waals surface area contributed by atoms with Gasteiger partial charge in [0.15, 0.2) is 0 Å². The third kappa shape index (κ3) is 4.10. The van der Waals surface area contributed by atoms with Gasteiger partial charge in [-0.25, -0.2) is 0 Å². The van der Waals surface area contributed by atoms with E-state index in [1.165, 1.54) is 0 Å². The highest BCUT2D eigenvalue weighted by Crippen LogP contribution is 2.38. The number of nitrogens with one attached hydrogen (secondary N) is 2. The third-order valence-corrected chi connectivity index (χ3v) is 4.38. The molecular weight excluding hydrogens is 328 g/mol. The first-order chi connectivity index (χ1) is 12.5. The number of anilines is 2. The summed E-state index contributed by atoms with van der Waals surface area (Å²) in [5.74, 6) is 1.50. The second-order valence-corrected chi connectivity index (χ2v) is 6.74. The van der Waals surface area contributed by atoms with E-state index in [1.807, 2.05) is 64.1 Å². The molecular formula is C21H26N2O3. The van der Waals surface area contributed by atoms with Gasteiger partial charge in [0.05, 0.1) is 12.3 Å². The van der Waals surface area contributed by atoms with E-state index in [0.29, 0.717) is 6.61 Å². The van der Waals surface area contributed by atoms with Crippen molar-refractivity contribution < 1.29 is 14.3 Å². The smallest absolute Gasteiger partial charge is 0.246 e. The Morgan fingerprint density at radius 3 is 2.73 bits per heavy atom. The fourth-order valence-corrected chi connectivity index (χ4v) is 3.01. The van der Waals surface area contributed by atoms with Crippen molar-refractivity contribution >= 4 is 17.3 Å². The van der Waals surface area contributed by atoms with Gasteiger partial charge in [0.25, 0.3) is 0 Å². The number of fused-ring (bicyclic) bond motifs is 1. The molecule has 0 aromatic heterocycles. The normalized spacial score (nSPS) is 16.4. The van der Waals surface area contributed by atoms with E-state index in [4.69, 9.17) is 9.47 Å². The standard InChI is InChI=1S/C21H26N2O3/c1-5-25-20-11-16-10-14(3)26-19(16)12-18(20)22-15(4)21(24)23-17-8-6-13(2)7-9-17/h6-9,11-12,14-15,22H,5,10H2,1-4H3,(H,23,24). The van der Waals surface area contributed by atoms with Crippen LogP contribution in [0.25, 0.3) is 0 Å². The van der Waals surface area contributed by atoms with Gasteiger partial charge in [-0.05, 0) is 45.9 Å². The lowest BCUT2D eigenvalue weighted by atomic mass is 10.1. The fourth-order valence-electron chi connectivity index (χ4n) is 3.01. The Morgan fingerprint density at radius 1 is 1.31 bits per heavy atom. The minimum absolute atomic E-state index is 0.105. The molecule has 3 rings (SSSR count). The molecule has 2 atom stereocenters. The summed E-state index contributed by atoms with van der Waals surface area (Å²) in [6.45, 7) is 8.40. The van der Waals surface area contributed by atoms with E-state index in [9.17, 15) is 4.79 Å². The number of hydrogen-bond acceptors (Lipinski definition) is 4. The quantitative estimate of drug-likeness (QED) is 0.818. The van der Waals surface area contributed by atoms with Crippen LogP contribution in [0.4, 0.5) is 11.4 Å². The molecule has 1 amide bonds. The third-order valence-electron chi connectivity index (χ3n) is 4.38. The van der Waals surface area contributed by atoms with Gasteiger partial charge in [-0.15, -0.1) is 0 Å². The van der Waals surface area contributed by atoms with E-state index < -0.39 is 6.04 Å². The zero-order chi connectivity index (χ0) is 18.7. The average Bonchev–Trinajstić information content (AvgIpc) is 2.96. The average molecular weight is 354 g/mol. The Kier molecular flexibility index (Phi) is 5.35. The highest BCUT2D eigenvalue weighted by Gasteiger charge is 2.23. The first-order valence-electron chi connectivity index (χ1n) is 9.06. The predicted octanol–water partition coefficient (Wildman–Crippen LogP) is 4.16. The van der Waals surface area contributed by atoms with Crippen LogP contribution in [0.3, 0.4) is 0 Å². The Balaban J connectivity index is 1.73. The van der Waals surface area contributed by atoms with Gasteiger partial charge in [-0.3, -0.25) is 4.79 Å². The fraction of sp³-hybridized carbons (Fsp3) is 0.381. The monoisotopic (exact) mass is 354 g/mol. The van der Waals surface area contributed by atoms with E-state index in [0.717, 1.165) is 40.4 Å². The van der Waals surface area contributed by atoms with Crippen LogP contribution in [-0.2, 0) is 11.2 Å². The van der Waals surface area contributed by atoms with E-state index in [1.54, 1.807) is 0 Å². The summed E-state index contributed by atoms with van der Waals surface area (Å²) in [5, 5.41) is 6.18. The summed E-state index contributed by atoms with van der Waals surface area (Å²) in [4.78, 5) is 12.5. The van der Waals surface area contributed by atoms with Gasteiger partial charge in [0.2, 0.25) is 5.91 Å². The maximum atomic E-state index is 12.5.